The molecule has 0 aliphatic carbocycles. The van der Waals surface area contributed by atoms with E-state index in [1.807, 2.05) is 0 Å². The molecule has 0 heterocycles. The van der Waals surface area contributed by atoms with Crippen LogP contribution in [0.2, 0.25) is 0 Å². The van der Waals surface area contributed by atoms with Crippen molar-refractivity contribution in [3.8, 4) is 0 Å². The van der Waals surface area contributed by atoms with E-state index in [0.29, 0.717) is 5.56 Å². The molecule has 0 fully saturated rings. The van der Waals surface area contributed by atoms with Crippen LogP contribution in [0.25, 0.3) is 0 Å². The fraction of sp³-hybridized carbons (Fsp3) is 0.273. The van der Waals surface area contributed by atoms with Crippen molar-refractivity contribution >= 4 is 11.8 Å². The lowest BCUT2D eigenvalue weighted by molar-refractivity contribution is -0.139. The lowest BCUT2D eigenvalue weighted by Gasteiger charge is -2.02. The summed E-state index contributed by atoms with van der Waals surface area (Å²) in [6.45, 7) is 2.47. The van der Waals surface area contributed by atoms with Crippen LogP contribution >= 0.6 is 0 Å². The summed E-state index contributed by atoms with van der Waals surface area (Å²) in [6, 6.07) is 4.15. The molecule has 4 heteroatoms. The lowest BCUT2D eigenvalue weighted by atomic mass is 10.1. The minimum Gasteiger partial charge on any atom is -0.457 e. The quantitative estimate of drug-likeness (QED) is 0.565. The van der Waals surface area contributed by atoms with E-state index in [-0.39, 0.29) is 12.2 Å². The second kappa shape index (κ2) is 4.68. The van der Waals surface area contributed by atoms with E-state index in [4.69, 9.17) is 0 Å². The van der Waals surface area contributed by atoms with Gasteiger partial charge in [0.15, 0.2) is 12.4 Å². The van der Waals surface area contributed by atoms with Crippen molar-refractivity contribution in [1.82, 2.24) is 0 Å². The monoisotopic (exact) mass is 210 g/mol. The third-order valence-electron chi connectivity index (χ3n) is 1.90. The molecule has 0 aliphatic rings. The molecule has 15 heavy (non-hydrogen) atoms. The standard InChI is InChI=1S/C11H11FO3/c1-7-3-4-9(5-10(7)12)11(14)6-15-8(2)13/h3-5H,6H2,1-2H3. The molecule has 0 aromatic heterocycles. The molecule has 0 saturated carbocycles. The Morgan fingerprint density at radius 2 is 2.07 bits per heavy atom. The highest BCUT2D eigenvalue weighted by Crippen LogP contribution is 2.09. The highest BCUT2D eigenvalue weighted by molar-refractivity contribution is 5.97. The Labute approximate surface area is 86.9 Å². The number of carbonyl (C=O) groups excluding carboxylic acids is 2. The molecular formula is C11H11FO3. The predicted octanol–water partition coefficient (Wildman–Crippen LogP) is 1.88. The van der Waals surface area contributed by atoms with Crippen LogP contribution in [-0.2, 0) is 9.53 Å². The molecule has 3 nitrogen and oxygen atoms in total. The number of hydrogen-bond donors (Lipinski definition) is 0. The molecule has 1 aromatic rings. The van der Waals surface area contributed by atoms with Crippen molar-refractivity contribution in [3.63, 3.8) is 0 Å². The molecule has 0 bridgehead atoms. The van der Waals surface area contributed by atoms with Gasteiger partial charge in [0.25, 0.3) is 0 Å². The van der Waals surface area contributed by atoms with Crippen molar-refractivity contribution in [2.24, 2.45) is 0 Å². The molecule has 0 N–H and O–H groups in total. The Morgan fingerprint density at radius 3 is 2.60 bits per heavy atom. The van der Waals surface area contributed by atoms with Crippen LogP contribution in [0.5, 0.6) is 0 Å². The van der Waals surface area contributed by atoms with E-state index in [0.717, 1.165) is 6.07 Å². The number of benzene rings is 1. The Hall–Kier alpha value is -1.71. The van der Waals surface area contributed by atoms with E-state index < -0.39 is 17.6 Å². The fourth-order valence-electron chi connectivity index (χ4n) is 1.02. The van der Waals surface area contributed by atoms with Gasteiger partial charge in [0.1, 0.15) is 5.82 Å². The van der Waals surface area contributed by atoms with Gasteiger partial charge in [-0.2, -0.15) is 0 Å². The number of aryl methyl sites for hydroxylation is 1. The van der Waals surface area contributed by atoms with Crippen LogP contribution < -0.4 is 0 Å². The van der Waals surface area contributed by atoms with Crippen molar-refractivity contribution in [2.45, 2.75) is 13.8 Å². The number of esters is 1. The number of carbonyl (C=O) groups is 2. The molecule has 0 atom stereocenters. The highest BCUT2D eigenvalue weighted by atomic mass is 19.1. The summed E-state index contributed by atoms with van der Waals surface area (Å²) >= 11 is 0. The summed E-state index contributed by atoms with van der Waals surface area (Å²) in [4.78, 5) is 21.8. The summed E-state index contributed by atoms with van der Waals surface area (Å²) in [5.74, 6) is -1.39. The maximum Gasteiger partial charge on any atom is 0.303 e. The molecule has 0 aliphatic heterocycles. The van der Waals surface area contributed by atoms with Gasteiger partial charge in [-0.05, 0) is 18.6 Å². The first-order valence-corrected chi connectivity index (χ1v) is 4.43. The average molecular weight is 210 g/mol. The summed E-state index contributed by atoms with van der Waals surface area (Å²) in [6.07, 6.45) is 0. The van der Waals surface area contributed by atoms with Crippen LogP contribution in [0.3, 0.4) is 0 Å². The van der Waals surface area contributed by atoms with Crippen molar-refractivity contribution in [3.05, 3.63) is 35.1 Å². The highest BCUT2D eigenvalue weighted by Gasteiger charge is 2.09. The normalized spacial score (nSPS) is 9.80. The van der Waals surface area contributed by atoms with Crippen molar-refractivity contribution in [2.75, 3.05) is 6.61 Å². The number of rotatable bonds is 3. The molecule has 0 unspecified atom stereocenters. The van der Waals surface area contributed by atoms with Crippen LogP contribution in [0.4, 0.5) is 4.39 Å². The summed E-state index contributed by atoms with van der Waals surface area (Å²) in [7, 11) is 0. The van der Waals surface area contributed by atoms with E-state index in [2.05, 4.69) is 4.74 Å². The molecule has 0 radical (unpaired) electrons. The molecule has 1 aromatic carbocycles. The number of Topliss-reactive ketones (excluding diaryl/α,β-unsaturated/α-hetero) is 1. The van der Waals surface area contributed by atoms with Crippen molar-refractivity contribution < 1.29 is 18.7 Å². The van der Waals surface area contributed by atoms with Gasteiger partial charge in [-0.15, -0.1) is 0 Å². The molecular weight excluding hydrogens is 199 g/mol. The molecule has 1 rings (SSSR count). The van der Waals surface area contributed by atoms with Crippen LogP contribution in [0.1, 0.15) is 22.8 Å². The Kier molecular flexibility index (Phi) is 3.55. The van der Waals surface area contributed by atoms with Crippen LogP contribution in [-0.4, -0.2) is 18.4 Å². The second-order valence-electron chi connectivity index (χ2n) is 3.17. The Bertz CT molecular complexity index is 399. The average Bonchev–Trinajstić information content (AvgIpc) is 2.18. The van der Waals surface area contributed by atoms with Crippen molar-refractivity contribution in [1.29, 1.82) is 0 Å². The molecule has 80 valence electrons. The summed E-state index contributed by atoms with van der Waals surface area (Å²) < 4.78 is 17.6. The zero-order chi connectivity index (χ0) is 11.4. The fourth-order valence-corrected chi connectivity index (χ4v) is 1.02. The van der Waals surface area contributed by atoms with Gasteiger partial charge in [0.05, 0.1) is 0 Å². The molecule has 0 amide bonds. The topological polar surface area (TPSA) is 43.4 Å². The van der Waals surface area contributed by atoms with Crippen LogP contribution in [0.15, 0.2) is 18.2 Å². The number of halogens is 1. The number of hydrogen-bond acceptors (Lipinski definition) is 3. The van der Waals surface area contributed by atoms with E-state index in [1.165, 1.54) is 19.1 Å². The second-order valence-corrected chi connectivity index (χ2v) is 3.17. The third-order valence-corrected chi connectivity index (χ3v) is 1.90. The lowest BCUT2D eigenvalue weighted by Crippen LogP contribution is -2.12. The van der Waals surface area contributed by atoms with Gasteiger partial charge >= 0.3 is 5.97 Å². The summed E-state index contributed by atoms with van der Waals surface area (Å²) in [5.41, 5.74) is 0.679. The minimum atomic E-state index is -0.532. The first kappa shape index (κ1) is 11.4. The third kappa shape index (κ3) is 3.16. The molecule has 0 saturated heterocycles. The first-order chi connectivity index (χ1) is 7.00. The number of ether oxygens (including phenoxy) is 1. The van der Waals surface area contributed by atoms with E-state index in [9.17, 15) is 14.0 Å². The molecule has 0 spiro atoms. The van der Waals surface area contributed by atoms with Gasteiger partial charge in [-0.3, -0.25) is 9.59 Å². The Morgan fingerprint density at radius 1 is 1.40 bits per heavy atom. The van der Waals surface area contributed by atoms with Gasteiger partial charge in [0, 0.05) is 12.5 Å². The van der Waals surface area contributed by atoms with Gasteiger partial charge in [-0.25, -0.2) is 4.39 Å². The van der Waals surface area contributed by atoms with Gasteiger partial charge in [0.2, 0.25) is 0 Å². The Balaban J connectivity index is 2.74. The summed E-state index contributed by atoms with van der Waals surface area (Å²) in [5, 5.41) is 0. The van der Waals surface area contributed by atoms with Gasteiger partial charge in [-0.1, -0.05) is 12.1 Å². The predicted molar refractivity (Wildman–Crippen MR) is 52.1 cm³/mol. The minimum absolute atomic E-state index is 0.208. The first-order valence-electron chi connectivity index (χ1n) is 4.43. The SMILES string of the molecule is CC(=O)OCC(=O)c1ccc(C)c(F)c1. The van der Waals surface area contributed by atoms with Gasteiger partial charge < -0.3 is 4.74 Å². The smallest absolute Gasteiger partial charge is 0.303 e. The maximum atomic E-state index is 13.1. The zero-order valence-electron chi connectivity index (χ0n) is 8.54. The maximum absolute atomic E-state index is 13.1. The van der Waals surface area contributed by atoms with E-state index in [1.54, 1.807) is 6.92 Å². The zero-order valence-corrected chi connectivity index (χ0v) is 8.54. The largest absolute Gasteiger partial charge is 0.457 e. The van der Waals surface area contributed by atoms with E-state index >= 15 is 0 Å². The van der Waals surface area contributed by atoms with Crippen LogP contribution in [0, 0.1) is 12.7 Å². The number of ketones is 1.